The summed E-state index contributed by atoms with van der Waals surface area (Å²) in [6, 6.07) is 6.96. The van der Waals surface area contributed by atoms with Gasteiger partial charge in [-0.2, -0.15) is 0 Å². The van der Waals surface area contributed by atoms with Crippen molar-refractivity contribution in [2.24, 2.45) is 5.92 Å². The van der Waals surface area contributed by atoms with Crippen LogP contribution in [0.15, 0.2) is 22.7 Å². The Morgan fingerprint density at radius 1 is 1.19 bits per heavy atom. The molecule has 0 aliphatic rings. The van der Waals surface area contributed by atoms with Gasteiger partial charge in [-0.3, -0.25) is 0 Å². The first-order valence-corrected chi connectivity index (χ1v) is 6.81. The molecule has 0 aliphatic heterocycles. The highest BCUT2D eigenvalue weighted by molar-refractivity contribution is 9.10. The molecule has 0 fully saturated rings. The van der Waals surface area contributed by atoms with Gasteiger partial charge >= 0.3 is 0 Å². The normalized spacial score (nSPS) is 12.9. The van der Waals surface area contributed by atoms with E-state index in [2.05, 4.69) is 67.1 Å². The van der Waals surface area contributed by atoms with E-state index in [1.54, 1.807) is 0 Å². The van der Waals surface area contributed by atoms with Crippen molar-refractivity contribution in [2.75, 3.05) is 5.32 Å². The third-order valence-corrected chi connectivity index (χ3v) is 3.36. The van der Waals surface area contributed by atoms with Gasteiger partial charge in [-0.05, 0) is 66.2 Å². The predicted molar refractivity (Wildman–Crippen MR) is 76.0 cm³/mol. The molecule has 2 heteroatoms. The fourth-order valence-electron chi connectivity index (χ4n) is 1.66. The minimum atomic E-state index is 0.529. The Hall–Kier alpha value is -0.500. The third-order valence-electron chi connectivity index (χ3n) is 2.70. The monoisotopic (exact) mass is 283 g/mol. The standard InChI is InChI=1S/C14H22BrN/c1-10(2)5-7-12(4)16-14-8-6-11(3)9-13(14)15/h6,8-10,12,16H,5,7H2,1-4H3. The van der Waals surface area contributed by atoms with E-state index in [1.807, 2.05) is 0 Å². The smallest absolute Gasteiger partial charge is 0.0486 e. The second-order valence-corrected chi connectivity index (χ2v) is 5.85. The highest BCUT2D eigenvalue weighted by Crippen LogP contribution is 2.24. The van der Waals surface area contributed by atoms with E-state index in [1.165, 1.54) is 24.1 Å². The number of halogens is 1. The molecular weight excluding hydrogens is 262 g/mol. The fourth-order valence-corrected chi connectivity index (χ4v) is 2.27. The van der Waals surface area contributed by atoms with Crippen LogP contribution in [0.25, 0.3) is 0 Å². The molecule has 0 aliphatic carbocycles. The van der Waals surface area contributed by atoms with Crippen molar-refractivity contribution in [2.45, 2.75) is 46.6 Å². The van der Waals surface area contributed by atoms with E-state index in [9.17, 15) is 0 Å². The number of benzene rings is 1. The van der Waals surface area contributed by atoms with Crippen LogP contribution in [0, 0.1) is 12.8 Å². The molecule has 0 saturated heterocycles. The highest BCUT2D eigenvalue weighted by atomic mass is 79.9. The predicted octanol–water partition coefficient (Wildman–Crippen LogP) is 4.99. The van der Waals surface area contributed by atoms with Crippen LogP contribution in [0.4, 0.5) is 5.69 Å². The first-order chi connectivity index (χ1) is 7.49. The number of anilines is 1. The van der Waals surface area contributed by atoms with E-state index in [0.29, 0.717) is 6.04 Å². The summed E-state index contributed by atoms with van der Waals surface area (Å²) in [4.78, 5) is 0. The van der Waals surface area contributed by atoms with Gasteiger partial charge in [-0.25, -0.2) is 0 Å². The largest absolute Gasteiger partial charge is 0.382 e. The minimum absolute atomic E-state index is 0.529. The zero-order valence-electron chi connectivity index (χ0n) is 10.7. The highest BCUT2D eigenvalue weighted by Gasteiger charge is 2.06. The first-order valence-electron chi connectivity index (χ1n) is 6.01. The number of rotatable bonds is 5. The third kappa shape index (κ3) is 4.56. The second-order valence-electron chi connectivity index (χ2n) is 5.00. The van der Waals surface area contributed by atoms with Gasteiger partial charge in [-0.1, -0.05) is 19.9 Å². The van der Waals surface area contributed by atoms with Gasteiger partial charge in [0.25, 0.3) is 0 Å². The average Bonchev–Trinajstić information content (AvgIpc) is 2.19. The fraction of sp³-hybridized carbons (Fsp3) is 0.571. The summed E-state index contributed by atoms with van der Waals surface area (Å²) in [5.74, 6) is 0.783. The van der Waals surface area contributed by atoms with Gasteiger partial charge in [0, 0.05) is 16.2 Å². The molecule has 90 valence electrons. The zero-order valence-corrected chi connectivity index (χ0v) is 12.3. The van der Waals surface area contributed by atoms with Gasteiger partial charge in [0.2, 0.25) is 0 Å². The average molecular weight is 284 g/mol. The van der Waals surface area contributed by atoms with Gasteiger partial charge < -0.3 is 5.32 Å². The van der Waals surface area contributed by atoms with Crippen LogP contribution >= 0.6 is 15.9 Å². The Bertz CT molecular complexity index is 334. The van der Waals surface area contributed by atoms with Gasteiger partial charge in [-0.15, -0.1) is 0 Å². The Kier molecular flexibility index (Phi) is 5.33. The van der Waals surface area contributed by atoms with E-state index >= 15 is 0 Å². The van der Waals surface area contributed by atoms with Crippen molar-refractivity contribution in [3.05, 3.63) is 28.2 Å². The minimum Gasteiger partial charge on any atom is -0.382 e. The van der Waals surface area contributed by atoms with Crippen LogP contribution in [0.1, 0.15) is 39.2 Å². The topological polar surface area (TPSA) is 12.0 Å². The van der Waals surface area contributed by atoms with Gasteiger partial charge in [0.1, 0.15) is 0 Å². The molecular formula is C14H22BrN. The summed E-state index contributed by atoms with van der Waals surface area (Å²) in [7, 11) is 0. The molecule has 0 bridgehead atoms. The molecule has 1 atom stereocenters. The van der Waals surface area contributed by atoms with Crippen LogP contribution in [-0.4, -0.2) is 6.04 Å². The Morgan fingerprint density at radius 3 is 2.44 bits per heavy atom. The van der Waals surface area contributed by atoms with Crippen LogP contribution in [0.2, 0.25) is 0 Å². The molecule has 0 heterocycles. The van der Waals surface area contributed by atoms with Crippen molar-refractivity contribution in [3.8, 4) is 0 Å². The van der Waals surface area contributed by atoms with Crippen LogP contribution in [0.5, 0.6) is 0 Å². The number of aryl methyl sites for hydroxylation is 1. The van der Waals surface area contributed by atoms with Crippen molar-refractivity contribution < 1.29 is 0 Å². The number of hydrogen-bond acceptors (Lipinski definition) is 1. The van der Waals surface area contributed by atoms with Crippen LogP contribution < -0.4 is 5.32 Å². The lowest BCUT2D eigenvalue weighted by molar-refractivity contribution is 0.527. The van der Waals surface area contributed by atoms with Crippen molar-refractivity contribution in [1.29, 1.82) is 0 Å². The first kappa shape index (κ1) is 13.6. The Morgan fingerprint density at radius 2 is 1.88 bits per heavy atom. The van der Waals surface area contributed by atoms with E-state index < -0.39 is 0 Å². The molecule has 0 amide bonds. The van der Waals surface area contributed by atoms with Crippen molar-refractivity contribution in [3.63, 3.8) is 0 Å². The maximum atomic E-state index is 3.59. The quantitative estimate of drug-likeness (QED) is 0.802. The molecule has 1 aromatic rings. The van der Waals surface area contributed by atoms with E-state index in [4.69, 9.17) is 0 Å². The summed E-state index contributed by atoms with van der Waals surface area (Å²) in [6.45, 7) is 8.90. The number of nitrogens with one attached hydrogen (secondary N) is 1. The molecule has 1 nitrogen and oxygen atoms in total. The molecule has 0 radical (unpaired) electrons. The van der Waals surface area contributed by atoms with Crippen LogP contribution in [0.3, 0.4) is 0 Å². The summed E-state index contributed by atoms with van der Waals surface area (Å²) in [5.41, 5.74) is 2.48. The Labute approximate surface area is 108 Å². The SMILES string of the molecule is Cc1ccc(NC(C)CCC(C)C)c(Br)c1. The lowest BCUT2D eigenvalue weighted by Crippen LogP contribution is -2.16. The van der Waals surface area contributed by atoms with E-state index in [0.717, 1.165) is 10.4 Å². The second kappa shape index (κ2) is 6.29. The maximum absolute atomic E-state index is 3.59. The Balaban J connectivity index is 2.52. The van der Waals surface area contributed by atoms with Crippen LogP contribution in [-0.2, 0) is 0 Å². The zero-order chi connectivity index (χ0) is 12.1. The van der Waals surface area contributed by atoms with Gasteiger partial charge in [0.05, 0.1) is 0 Å². The lowest BCUT2D eigenvalue weighted by Gasteiger charge is -2.17. The number of hydrogen-bond donors (Lipinski definition) is 1. The lowest BCUT2D eigenvalue weighted by atomic mass is 10.0. The molecule has 1 unspecified atom stereocenters. The molecule has 1 N–H and O–H groups in total. The summed E-state index contributed by atoms with van der Waals surface area (Å²) in [5, 5.41) is 3.55. The molecule has 0 aromatic heterocycles. The molecule has 16 heavy (non-hydrogen) atoms. The van der Waals surface area contributed by atoms with Crippen molar-refractivity contribution in [1.82, 2.24) is 0 Å². The summed E-state index contributed by atoms with van der Waals surface area (Å²) >= 11 is 3.59. The molecule has 0 saturated carbocycles. The molecule has 1 rings (SSSR count). The van der Waals surface area contributed by atoms with E-state index in [-0.39, 0.29) is 0 Å². The molecule has 0 spiro atoms. The summed E-state index contributed by atoms with van der Waals surface area (Å²) in [6.07, 6.45) is 2.50. The van der Waals surface area contributed by atoms with Gasteiger partial charge in [0.15, 0.2) is 0 Å². The van der Waals surface area contributed by atoms with Crippen molar-refractivity contribution >= 4 is 21.6 Å². The molecule has 1 aromatic carbocycles. The summed E-state index contributed by atoms with van der Waals surface area (Å²) < 4.78 is 1.16. The maximum Gasteiger partial charge on any atom is 0.0486 e.